The second kappa shape index (κ2) is 8.28. The molecule has 8 heteroatoms. The van der Waals surface area contributed by atoms with Crippen molar-refractivity contribution in [3.8, 4) is 0 Å². The van der Waals surface area contributed by atoms with Crippen LogP contribution in [0.5, 0.6) is 0 Å². The van der Waals surface area contributed by atoms with Crippen LogP contribution in [-0.2, 0) is 20.8 Å². The topological polar surface area (TPSA) is 95.6 Å². The lowest BCUT2D eigenvalue weighted by Gasteiger charge is -2.18. The molecule has 4 rings (SSSR count). The molecule has 0 bridgehead atoms. The molecule has 4 amide bonds. The molecule has 2 N–H and O–H groups in total. The maximum atomic E-state index is 12.7. The number of rotatable bonds is 5. The molecule has 2 aliphatic rings. The average molecular weight is 426 g/mol. The van der Waals surface area contributed by atoms with Crippen molar-refractivity contribution in [2.24, 2.45) is 5.92 Å². The molecule has 2 aliphatic heterocycles. The van der Waals surface area contributed by atoms with Crippen LogP contribution in [0.3, 0.4) is 0 Å². The third-order valence-corrected chi connectivity index (χ3v) is 5.74. The highest BCUT2D eigenvalue weighted by Gasteiger charge is 2.34. The first-order valence-electron chi connectivity index (χ1n) is 9.72. The summed E-state index contributed by atoms with van der Waals surface area (Å²) in [6.45, 7) is 0.481. The molecule has 0 saturated carbocycles. The summed E-state index contributed by atoms with van der Waals surface area (Å²) in [5.41, 5.74) is 1.93. The monoisotopic (exact) mass is 425 g/mol. The van der Waals surface area contributed by atoms with E-state index >= 15 is 0 Å². The zero-order valence-corrected chi connectivity index (χ0v) is 16.8. The minimum atomic E-state index is -0.610. The molecule has 0 aliphatic carbocycles. The number of imide groups is 1. The predicted molar refractivity (Wildman–Crippen MR) is 111 cm³/mol. The van der Waals surface area contributed by atoms with Gasteiger partial charge in [0.25, 0.3) is 5.91 Å². The van der Waals surface area contributed by atoms with Crippen molar-refractivity contribution in [2.75, 3.05) is 11.4 Å². The SMILES string of the molecule is O=C1C[C@H](Cc2ccc(C(=O)N[C@@H]3CCN(c4ccccc4Cl)C3=O)cc2)C(=O)N1. The summed E-state index contributed by atoms with van der Waals surface area (Å²) in [5.74, 6) is -1.42. The molecule has 0 radical (unpaired) electrons. The van der Waals surface area contributed by atoms with Gasteiger partial charge in [0.2, 0.25) is 17.7 Å². The number of nitrogens with zero attached hydrogens (tertiary/aromatic N) is 1. The van der Waals surface area contributed by atoms with Crippen LogP contribution in [0.2, 0.25) is 5.02 Å². The van der Waals surface area contributed by atoms with Crippen molar-refractivity contribution in [3.63, 3.8) is 0 Å². The Morgan fingerprint density at radius 2 is 1.83 bits per heavy atom. The number of anilines is 1. The molecule has 2 aromatic rings. The fourth-order valence-electron chi connectivity index (χ4n) is 3.81. The average Bonchev–Trinajstić information content (AvgIpc) is 3.24. The highest BCUT2D eigenvalue weighted by molar-refractivity contribution is 6.34. The van der Waals surface area contributed by atoms with Gasteiger partial charge in [0.1, 0.15) is 6.04 Å². The quantitative estimate of drug-likeness (QED) is 0.717. The molecule has 2 aromatic carbocycles. The normalized spacial score (nSPS) is 21.1. The summed E-state index contributed by atoms with van der Waals surface area (Å²) < 4.78 is 0. The summed E-state index contributed by atoms with van der Waals surface area (Å²) in [6, 6.07) is 13.3. The van der Waals surface area contributed by atoms with Gasteiger partial charge >= 0.3 is 0 Å². The van der Waals surface area contributed by atoms with E-state index in [4.69, 9.17) is 11.6 Å². The Morgan fingerprint density at radius 1 is 1.10 bits per heavy atom. The Labute approximate surface area is 178 Å². The summed E-state index contributed by atoms with van der Waals surface area (Å²) in [4.78, 5) is 49.9. The van der Waals surface area contributed by atoms with Crippen LogP contribution in [0.15, 0.2) is 48.5 Å². The number of amides is 4. The lowest BCUT2D eigenvalue weighted by atomic mass is 9.97. The van der Waals surface area contributed by atoms with Crippen molar-refractivity contribution >= 4 is 40.9 Å². The number of benzene rings is 2. The Morgan fingerprint density at radius 3 is 2.50 bits per heavy atom. The van der Waals surface area contributed by atoms with Gasteiger partial charge in [0, 0.05) is 18.5 Å². The Bertz CT molecular complexity index is 1020. The molecule has 0 aromatic heterocycles. The minimum Gasteiger partial charge on any atom is -0.340 e. The highest BCUT2D eigenvalue weighted by atomic mass is 35.5. The fraction of sp³-hybridized carbons (Fsp3) is 0.273. The zero-order valence-electron chi connectivity index (χ0n) is 16.1. The van der Waals surface area contributed by atoms with Gasteiger partial charge < -0.3 is 10.2 Å². The van der Waals surface area contributed by atoms with Gasteiger partial charge in [-0.2, -0.15) is 0 Å². The predicted octanol–water partition coefficient (Wildman–Crippen LogP) is 2.08. The van der Waals surface area contributed by atoms with Crippen molar-refractivity contribution < 1.29 is 19.2 Å². The third-order valence-electron chi connectivity index (χ3n) is 5.42. The van der Waals surface area contributed by atoms with Crippen LogP contribution in [0.4, 0.5) is 5.69 Å². The number of carbonyl (C=O) groups is 4. The van der Waals surface area contributed by atoms with Crippen molar-refractivity contribution in [1.82, 2.24) is 10.6 Å². The van der Waals surface area contributed by atoms with E-state index in [1.807, 2.05) is 6.07 Å². The van der Waals surface area contributed by atoms with E-state index in [1.54, 1.807) is 47.4 Å². The van der Waals surface area contributed by atoms with E-state index in [1.165, 1.54) is 0 Å². The van der Waals surface area contributed by atoms with Crippen molar-refractivity contribution in [3.05, 3.63) is 64.7 Å². The first kappa shape index (κ1) is 20.1. The zero-order chi connectivity index (χ0) is 21.3. The second-order valence-electron chi connectivity index (χ2n) is 7.47. The van der Waals surface area contributed by atoms with Gasteiger partial charge in [0.05, 0.1) is 16.6 Å². The number of hydrogen-bond donors (Lipinski definition) is 2. The molecule has 2 heterocycles. The molecular weight excluding hydrogens is 406 g/mol. The Kier molecular flexibility index (Phi) is 5.55. The molecular formula is C22H20ClN3O4. The van der Waals surface area contributed by atoms with Crippen LogP contribution < -0.4 is 15.5 Å². The van der Waals surface area contributed by atoms with Gasteiger partial charge in [-0.3, -0.25) is 24.5 Å². The number of carbonyl (C=O) groups excluding carboxylic acids is 4. The van der Waals surface area contributed by atoms with E-state index in [-0.39, 0.29) is 36.0 Å². The Balaban J connectivity index is 1.37. The smallest absolute Gasteiger partial charge is 0.251 e. The number of para-hydroxylation sites is 1. The first-order chi connectivity index (χ1) is 14.4. The van der Waals surface area contributed by atoms with E-state index in [0.717, 1.165) is 5.56 Å². The van der Waals surface area contributed by atoms with E-state index in [0.29, 0.717) is 35.7 Å². The largest absolute Gasteiger partial charge is 0.340 e. The van der Waals surface area contributed by atoms with Crippen LogP contribution >= 0.6 is 11.6 Å². The molecule has 30 heavy (non-hydrogen) atoms. The van der Waals surface area contributed by atoms with Crippen molar-refractivity contribution in [2.45, 2.75) is 25.3 Å². The molecule has 2 saturated heterocycles. The molecule has 2 fully saturated rings. The van der Waals surface area contributed by atoms with Gasteiger partial charge in [-0.1, -0.05) is 35.9 Å². The van der Waals surface area contributed by atoms with E-state index in [9.17, 15) is 19.2 Å². The van der Waals surface area contributed by atoms with Crippen molar-refractivity contribution in [1.29, 1.82) is 0 Å². The highest BCUT2D eigenvalue weighted by Crippen LogP contribution is 2.29. The van der Waals surface area contributed by atoms with E-state index in [2.05, 4.69) is 10.6 Å². The lowest BCUT2D eigenvalue weighted by Crippen LogP contribution is -2.41. The van der Waals surface area contributed by atoms with Crippen LogP contribution in [0.1, 0.15) is 28.8 Å². The van der Waals surface area contributed by atoms with Crippen LogP contribution in [0, 0.1) is 5.92 Å². The molecule has 0 unspecified atom stereocenters. The number of nitrogens with one attached hydrogen (secondary N) is 2. The molecule has 0 spiro atoms. The molecule has 2 atom stereocenters. The fourth-order valence-corrected chi connectivity index (χ4v) is 4.05. The molecule has 154 valence electrons. The maximum Gasteiger partial charge on any atom is 0.251 e. The van der Waals surface area contributed by atoms with Gasteiger partial charge in [-0.05, 0) is 42.7 Å². The Hall–Kier alpha value is -3.19. The van der Waals surface area contributed by atoms with Gasteiger partial charge in [-0.25, -0.2) is 0 Å². The van der Waals surface area contributed by atoms with Crippen LogP contribution in [-0.4, -0.2) is 36.2 Å². The van der Waals surface area contributed by atoms with Gasteiger partial charge in [0.15, 0.2) is 0 Å². The summed E-state index contributed by atoms with van der Waals surface area (Å²) in [6.07, 6.45) is 1.12. The van der Waals surface area contributed by atoms with Crippen LogP contribution in [0.25, 0.3) is 0 Å². The summed E-state index contributed by atoms with van der Waals surface area (Å²) in [5, 5.41) is 5.57. The first-order valence-corrected chi connectivity index (χ1v) is 10.1. The number of halogens is 1. The van der Waals surface area contributed by atoms with Gasteiger partial charge in [-0.15, -0.1) is 0 Å². The summed E-state index contributed by atoms with van der Waals surface area (Å²) in [7, 11) is 0. The molecule has 7 nitrogen and oxygen atoms in total. The second-order valence-corrected chi connectivity index (χ2v) is 7.88. The minimum absolute atomic E-state index is 0.187. The summed E-state index contributed by atoms with van der Waals surface area (Å²) >= 11 is 6.19. The number of hydrogen-bond acceptors (Lipinski definition) is 4. The maximum absolute atomic E-state index is 12.7. The third kappa shape index (κ3) is 4.07. The standard InChI is InChI=1S/C22H20ClN3O4/c23-16-3-1-2-4-18(16)26-10-9-17(22(26)30)24-20(28)14-7-5-13(6-8-14)11-15-12-19(27)25-21(15)29/h1-8,15,17H,9-12H2,(H,24,28)(H,25,27,29)/t15-,17+/m0/s1. The lowest BCUT2D eigenvalue weighted by molar-refractivity contribution is -0.125. The van der Waals surface area contributed by atoms with E-state index < -0.39 is 6.04 Å².